The fourth-order valence-electron chi connectivity index (χ4n) is 4.14. The van der Waals surface area contributed by atoms with Crippen LogP contribution in [-0.2, 0) is 11.3 Å². The Bertz CT molecular complexity index is 987. The molecule has 1 saturated heterocycles. The number of nitro groups is 1. The second-order valence-electron chi connectivity index (χ2n) is 7.56. The SMILES string of the molecule is COc1cc2c(cc1OC)C(=O)C(CN1CCN(c3ccccc3[N+](=O)[O-])CC1)OC2. The fraction of sp³-hybridized carbons (Fsp3) is 0.409. The summed E-state index contributed by atoms with van der Waals surface area (Å²) in [6.07, 6.45) is -0.553. The lowest BCUT2D eigenvalue weighted by atomic mass is 9.96. The predicted molar refractivity (Wildman–Crippen MR) is 114 cm³/mol. The Hall–Kier alpha value is -3.17. The van der Waals surface area contributed by atoms with E-state index < -0.39 is 6.10 Å². The topological polar surface area (TPSA) is 94.4 Å². The van der Waals surface area contributed by atoms with Crippen LogP contribution in [0.3, 0.4) is 0 Å². The Morgan fingerprint density at radius 2 is 1.77 bits per heavy atom. The minimum atomic E-state index is -0.553. The molecule has 9 nitrogen and oxygen atoms in total. The van der Waals surface area contributed by atoms with Gasteiger partial charge in [-0.25, -0.2) is 0 Å². The normalized spacial score (nSPS) is 19.1. The number of carbonyl (C=O) groups is 1. The van der Waals surface area contributed by atoms with Crippen LogP contribution in [0.1, 0.15) is 15.9 Å². The number of benzene rings is 2. The number of fused-ring (bicyclic) bond motifs is 1. The van der Waals surface area contributed by atoms with E-state index in [4.69, 9.17) is 14.2 Å². The highest BCUT2D eigenvalue weighted by atomic mass is 16.6. The number of hydrogen-bond donors (Lipinski definition) is 0. The van der Waals surface area contributed by atoms with Gasteiger partial charge in [0, 0.05) is 44.4 Å². The van der Waals surface area contributed by atoms with Gasteiger partial charge >= 0.3 is 0 Å². The fourth-order valence-corrected chi connectivity index (χ4v) is 4.14. The predicted octanol–water partition coefficient (Wildman–Crippen LogP) is 2.52. The third-order valence-electron chi connectivity index (χ3n) is 5.82. The van der Waals surface area contributed by atoms with Crippen LogP contribution in [0.15, 0.2) is 36.4 Å². The lowest BCUT2D eigenvalue weighted by molar-refractivity contribution is -0.384. The van der Waals surface area contributed by atoms with Crippen LogP contribution in [0.25, 0.3) is 0 Å². The summed E-state index contributed by atoms with van der Waals surface area (Å²) in [7, 11) is 3.10. The van der Waals surface area contributed by atoms with E-state index in [0.29, 0.717) is 62.1 Å². The molecule has 0 amide bonds. The number of para-hydroxylation sites is 2. The van der Waals surface area contributed by atoms with E-state index in [2.05, 4.69) is 4.90 Å². The van der Waals surface area contributed by atoms with Crippen molar-refractivity contribution in [2.24, 2.45) is 0 Å². The molecular formula is C22H25N3O6. The first-order valence-corrected chi connectivity index (χ1v) is 10.1. The first-order valence-electron chi connectivity index (χ1n) is 10.1. The number of anilines is 1. The molecule has 31 heavy (non-hydrogen) atoms. The van der Waals surface area contributed by atoms with E-state index in [-0.39, 0.29) is 16.4 Å². The molecule has 1 atom stereocenters. The van der Waals surface area contributed by atoms with Crippen molar-refractivity contribution in [1.82, 2.24) is 4.90 Å². The largest absolute Gasteiger partial charge is 0.493 e. The molecule has 2 aliphatic rings. The van der Waals surface area contributed by atoms with Crippen molar-refractivity contribution in [3.05, 3.63) is 57.6 Å². The van der Waals surface area contributed by atoms with Gasteiger partial charge in [-0.2, -0.15) is 0 Å². The highest BCUT2D eigenvalue weighted by Crippen LogP contribution is 2.34. The maximum Gasteiger partial charge on any atom is 0.292 e. The van der Waals surface area contributed by atoms with Crippen molar-refractivity contribution >= 4 is 17.2 Å². The molecule has 9 heteroatoms. The Morgan fingerprint density at radius 3 is 2.45 bits per heavy atom. The number of ketones is 1. The average molecular weight is 427 g/mol. The molecule has 0 bridgehead atoms. The molecule has 1 fully saturated rings. The Balaban J connectivity index is 1.41. The molecular weight excluding hydrogens is 402 g/mol. The van der Waals surface area contributed by atoms with Gasteiger partial charge in [-0.3, -0.25) is 19.8 Å². The standard InChI is InChI=1S/C22H25N3O6/c1-29-19-11-15-14-31-21(22(26)16(15)12-20(19)30-2)13-23-7-9-24(10-8-23)17-5-3-4-6-18(17)25(27)28/h3-6,11-12,21H,7-10,13-14H2,1-2H3. The van der Waals surface area contributed by atoms with Crippen LogP contribution in [0, 0.1) is 10.1 Å². The molecule has 164 valence electrons. The van der Waals surface area contributed by atoms with Gasteiger partial charge in [0.25, 0.3) is 5.69 Å². The zero-order valence-electron chi connectivity index (χ0n) is 17.6. The molecule has 0 aliphatic carbocycles. The highest BCUT2D eigenvalue weighted by molar-refractivity contribution is 6.02. The van der Waals surface area contributed by atoms with Crippen molar-refractivity contribution in [3.8, 4) is 11.5 Å². The van der Waals surface area contributed by atoms with Crippen molar-refractivity contribution in [3.63, 3.8) is 0 Å². The van der Waals surface area contributed by atoms with Crippen molar-refractivity contribution in [2.45, 2.75) is 12.7 Å². The number of methoxy groups -OCH3 is 2. The van der Waals surface area contributed by atoms with E-state index in [9.17, 15) is 14.9 Å². The van der Waals surface area contributed by atoms with E-state index in [1.807, 2.05) is 11.0 Å². The summed E-state index contributed by atoms with van der Waals surface area (Å²) in [4.78, 5) is 28.2. The Labute approximate surface area is 180 Å². The van der Waals surface area contributed by atoms with Gasteiger partial charge in [0.2, 0.25) is 0 Å². The second kappa shape index (κ2) is 8.91. The van der Waals surface area contributed by atoms with E-state index in [1.54, 1.807) is 38.5 Å². The maximum atomic E-state index is 13.0. The lowest BCUT2D eigenvalue weighted by Crippen LogP contribution is -2.50. The summed E-state index contributed by atoms with van der Waals surface area (Å²) in [5.41, 5.74) is 2.14. The van der Waals surface area contributed by atoms with Gasteiger partial charge in [0.15, 0.2) is 17.3 Å². The van der Waals surface area contributed by atoms with E-state index >= 15 is 0 Å². The van der Waals surface area contributed by atoms with Gasteiger partial charge < -0.3 is 19.1 Å². The summed E-state index contributed by atoms with van der Waals surface area (Å²) in [6, 6.07) is 10.3. The lowest BCUT2D eigenvalue weighted by Gasteiger charge is -2.37. The molecule has 2 aromatic rings. The molecule has 2 aliphatic heterocycles. The van der Waals surface area contributed by atoms with Crippen molar-refractivity contribution in [1.29, 1.82) is 0 Å². The molecule has 4 rings (SSSR count). The Kier molecular flexibility index (Phi) is 6.06. The molecule has 2 heterocycles. The molecule has 0 N–H and O–H groups in total. The molecule has 0 aromatic heterocycles. The summed E-state index contributed by atoms with van der Waals surface area (Å²) in [6.45, 7) is 3.50. The third-order valence-corrected chi connectivity index (χ3v) is 5.82. The number of hydrogen-bond acceptors (Lipinski definition) is 8. The van der Waals surface area contributed by atoms with E-state index in [1.165, 1.54) is 6.07 Å². The van der Waals surface area contributed by atoms with Gasteiger partial charge in [-0.15, -0.1) is 0 Å². The summed E-state index contributed by atoms with van der Waals surface area (Å²) in [5, 5.41) is 11.3. The summed E-state index contributed by atoms with van der Waals surface area (Å²) >= 11 is 0. The monoisotopic (exact) mass is 427 g/mol. The minimum absolute atomic E-state index is 0.0664. The van der Waals surface area contributed by atoms with E-state index in [0.717, 1.165) is 5.56 Å². The minimum Gasteiger partial charge on any atom is -0.493 e. The number of carbonyl (C=O) groups excluding carboxylic acids is 1. The van der Waals surface area contributed by atoms with Crippen molar-refractivity contribution in [2.75, 3.05) is 51.8 Å². The van der Waals surface area contributed by atoms with Gasteiger partial charge in [-0.1, -0.05) is 12.1 Å². The third kappa shape index (κ3) is 4.19. The van der Waals surface area contributed by atoms with Crippen LogP contribution in [-0.4, -0.2) is 68.7 Å². The molecule has 0 radical (unpaired) electrons. The Morgan fingerprint density at radius 1 is 1.10 bits per heavy atom. The van der Waals surface area contributed by atoms with Gasteiger partial charge in [-0.05, 0) is 23.8 Å². The molecule has 2 aromatic carbocycles. The van der Waals surface area contributed by atoms with Crippen LogP contribution in [0.4, 0.5) is 11.4 Å². The number of nitro benzene ring substituents is 1. The first-order chi connectivity index (χ1) is 15.0. The van der Waals surface area contributed by atoms with Gasteiger partial charge in [0.1, 0.15) is 11.8 Å². The second-order valence-corrected chi connectivity index (χ2v) is 7.56. The molecule has 0 spiro atoms. The van der Waals surface area contributed by atoms with Crippen LogP contribution >= 0.6 is 0 Å². The first kappa shape index (κ1) is 21.1. The molecule has 1 unspecified atom stereocenters. The highest BCUT2D eigenvalue weighted by Gasteiger charge is 2.32. The summed E-state index contributed by atoms with van der Waals surface area (Å²) in [5.74, 6) is 1.03. The molecule has 0 saturated carbocycles. The van der Waals surface area contributed by atoms with Crippen molar-refractivity contribution < 1.29 is 23.9 Å². The average Bonchev–Trinajstić information content (AvgIpc) is 2.80. The number of nitrogens with zero attached hydrogens (tertiary/aromatic N) is 3. The number of rotatable bonds is 6. The van der Waals surface area contributed by atoms with Gasteiger partial charge in [0.05, 0.1) is 25.7 Å². The quantitative estimate of drug-likeness (QED) is 0.513. The smallest absolute Gasteiger partial charge is 0.292 e. The van der Waals surface area contributed by atoms with Crippen LogP contribution in [0.5, 0.6) is 11.5 Å². The van der Waals surface area contributed by atoms with Crippen LogP contribution in [0.2, 0.25) is 0 Å². The zero-order valence-corrected chi connectivity index (χ0v) is 17.6. The zero-order chi connectivity index (χ0) is 22.0. The number of piperazine rings is 1. The number of ether oxygens (including phenoxy) is 3. The number of Topliss-reactive ketones (excluding diaryl/α,β-unsaturated/α-hetero) is 1. The maximum absolute atomic E-state index is 13.0. The van der Waals surface area contributed by atoms with Crippen LogP contribution < -0.4 is 14.4 Å². The summed E-state index contributed by atoms with van der Waals surface area (Å²) < 4.78 is 16.5.